The molecule has 3 aromatic carbocycles. The van der Waals surface area contributed by atoms with Crippen LogP contribution >= 0.6 is 23.2 Å². The molecule has 226 valence electrons. The summed E-state index contributed by atoms with van der Waals surface area (Å²) >= 11 is 12.8. The maximum absolute atomic E-state index is 15.5. The van der Waals surface area contributed by atoms with Gasteiger partial charge < -0.3 is 19.7 Å². The van der Waals surface area contributed by atoms with E-state index in [9.17, 15) is 9.59 Å². The zero-order valence-corrected chi connectivity index (χ0v) is 25.5. The zero-order chi connectivity index (χ0) is 31.1. The second-order valence-corrected chi connectivity index (χ2v) is 12.2. The highest BCUT2D eigenvalue weighted by Gasteiger charge is 2.46. The number of hydrogen-bond acceptors (Lipinski definition) is 6. The van der Waals surface area contributed by atoms with Gasteiger partial charge in [0.05, 0.1) is 47.5 Å². The van der Waals surface area contributed by atoms with E-state index in [1.807, 2.05) is 12.1 Å². The molecule has 12 heteroatoms. The first-order valence-corrected chi connectivity index (χ1v) is 14.3. The van der Waals surface area contributed by atoms with Crippen molar-refractivity contribution in [2.24, 2.45) is 0 Å². The molecule has 1 atom stereocenters. The Morgan fingerprint density at radius 2 is 1.81 bits per heavy atom. The van der Waals surface area contributed by atoms with Crippen LogP contribution in [-0.2, 0) is 16.8 Å². The van der Waals surface area contributed by atoms with Crippen LogP contribution in [0.5, 0.6) is 5.75 Å². The van der Waals surface area contributed by atoms with Crippen molar-refractivity contribution >= 4 is 45.9 Å². The number of anilines is 1. The highest BCUT2D eigenvalue weighted by Crippen LogP contribution is 2.43. The van der Waals surface area contributed by atoms with Gasteiger partial charge in [0, 0.05) is 17.8 Å². The van der Waals surface area contributed by atoms with Gasteiger partial charge in [0.2, 0.25) is 0 Å². The van der Waals surface area contributed by atoms with Crippen LogP contribution in [0.15, 0.2) is 59.7 Å². The molecular weight excluding hydrogens is 601 g/mol. The normalized spacial score (nSPS) is 16.9. The Morgan fingerprint density at radius 3 is 2.49 bits per heavy atom. The van der Waals surface area contributed by atoms with Gasteiger partial charge in [-0.3, -0.25) is 9.36 Å². The lowest BCUT2D eigenvalue weighted by Crippen LogP contribution is -2.42. The van der Waals surface area contributed by atoms with Crippen LogP contribution in [0.1, 0.15) is 38.3 Å². The molecule has 2 heterocycles. The van der Waals surface area contributed by atoms with Crippen molar-refractivity contribution in [3.63, 3.8) is 0 Å². The van der Waals surface area contributed by atoms with Crippen molar-refractivity contribution in [3.05, 3.63) is 98.0 Å². The van der Waals surface area contributed by atoms with E-state index in [0.717, 1.165) is 5.56 Å². The summed E-state index contributed by atoms with van der Waals surface area (Å²) in [6.45, 7) is 5.56. The van der Waals surface area contributed by atoms with Gasteiger partial charge in [-0.2, -0.15) is 0 Å². The highest BCUT2D eigenvalue weighted by atomic mass is 35.5. The quantitative estimate of drug-likeness (QED) is 0.231. The molecule has 5 rings (SSSR count). The molecule has 4 aromatic rings. The summed E-state index contributed by atoms with van der Waals surface area (Å²) in [4.78, 5) is 32.1. The van der Waals surface area contributed by atoms with Crippen molar-refractivity contribution in [2.75, 3.05) is 25.5 Å². The predicted octanol–water partition coefficient (Wildman–Crippen LogP) is 6.99. The molecule has 1 unspecified atom stereocenters. The molecule has 1 fully saturated rings. The van der Waals surface area contributed by atoms with Gasteiger partial charge in [0.15, 0.2) is 5.82 Å². The lowest BCUT2D eigenvalue weighted by atomic mass is 9.87. The van der Waals surface area contributed by atoms with Crippen LogP contribution in [0.4, 0.5) is 19.3 Å². The van der Waals surface area contributed by atoms with E-state index in [2.05, 4.69) is 10.3 Å². The fraction of sp³-hybridized carbons (Fsp3) is 0.323. The second kappa shape index (κ2) is 11.7. The van der Waals surface area contributed by atoms with Gasteiger partial charge in [-0.15, -0.1) is 0 Å². The molecular formula is C31H30Cl2F2N4O4. The summed E-state index contributed by atoms with van der Waals surface area (Å²) in [5.74, 6) is -0.728. The molecule has 1 aromatic heterocycles. The minimum absolute atomic E-state index is 0.0216. The summed E-state index contributed by atoms with van der Waals surface area (Å²) in [7, 11) is 1.56. The van der Waals surface area contributed by atoms with Gasteiger partial charge in [-0.25, -0.2) is 18.6 Å². The van der Waals surface area contributed by atoms with E-state index in [1.165, 1.54) is 40.1 Å². The molecule has 1 N–H and O–H groups in total. The lowest BCUT2D eigenvalue weighted by molar-refractivity contribution is 0.0286. The van der Waals surface area contributed by atoms with Crippen LogP contribution in [0.25, 0.3) is 10.9 Å². The van der Waals surface area contributed by atoms with Gasteiger partial charge in [0.25, 0.3) is 5.56 Å². The highest BCUT2D eigenvalue weighted by molar-refractivity contribution is 6.42. The van der Waals surface area contributed by atoms with Crippen LogP contribution in [0, 0.1) is 11.6 Å². The third kappa shape index (κ3) is 6.26. The molecule has 43 heavy (non-hydrogen) atoms. The molecule has 1 aliphatic heterocycles. The average molecular weight is 632 g/mol. The summed E-state index contributed by atoms with van der Waals surface area (Å²) in [6, 6.07) is 12.4. The number of ether oxygens (including phenoxy) is 2. The van der Waals surface area contributed by atoms with Gasteiger partial charge >= 0.3 is 6.09 Å². The van der Waals surface area contributed by atoms with E-state index in [1.54, 1.807) is 40.0 Å². The predicted molar refractivity (Wildman–Crippen MR) is 162 cm³/mol. The van der Waals surface area contributed by atoms with Crippen molar-refractivity contribution in [3.8, 4) is 5.75 Å². The SMILES string of the molecule is COc1ccc(Cn2cnc3c(F)cc(NC4(c5c(F)ccc(Cl)c5Cl)CCN(C(=O)OC(C)(C)C)C4)cc3c2=O)cc1. The number of rotatable bonds is 6. The Kier molecular flexibility index (Phi) is 8.28. The van der Waals surface area contributed by atoms with E-state index in [4.69, 9.17) is 32.7 Å². The van der Waals surface area contributed by atoms with E-state index in [0.29, 0.717) is 5.75 Å². The number of amides is 1. The Labute approximate surface area is 257 Å². The number of likely N-dealkylation sites (tertiary alicyclic amines) is 1. The molecule has 1 amide bonds. The van der Waals surface area contributed by atoms with Gasteiger partial charge in [0.1, 0.15) is 22.7 Å². The largest absolute Gasteiger partial charge is 0.497 e. The summed E-state index contributed by atoms with van der Waals surface area (Å²) in [5.41, 5.74) is -1.64. The van der Waals surface area contributed by atoms with E-state index >= 15 is 8.78 Å². The Bertz CT molecular complexity index is 1760. The van der Waals surface area contributed by atoms with Crippen LogP contribution in [-0.4, -0.2) is 46.3 Å². The van der Waals surface area contributed by atoms with Crippen molar-refractivity contribution in [2.45, 2.75) is 44.9 Å². The molecule has 1 saturated heterocycles. The number of aromatic nitrogens is 2. The van der Waals surface area contributed by atoms with Crippen LogP contribution in [0.2, 0.25) is 10.0 Å². The lowest BCUT2D eigenvalue weighted by Gasteiger charge is -2.34. The molecule has 0 aliphatic carbocycles. The average Bonchev–Trinajstić information content (AvgIpc) is 3.37. The third-order valence-corrected chi connectivity index (χ3v) is 8.02. The number of nitrogens with zero attached hydrogens (tertiary/aromatic N) is 3. The van der Waals surface area contributed by atoms with Crippen molar-refractivity contribution in [1.29, 1.82) is 0 Å². The number of carbonyl (C=O) groups excluding carboxylic acids is 1. The standard InChI is InChI=1S/C31H30Cl2F2N4O4/c1-30(2,3)43-29(41)38-12-11-31(16-38,25-23(34)10-9-22(32)26(25)33)37-19-13-21-27(24(35)14-19)36-17-39(28(21)40)15-18-5-7-20(42-4)8-6-18/h5-10,13-14,17,37H,11-12,15-16H2,1-4H3. The number of halogens is 4. The van der Waals surface area contributed by atoms with Gasteiger partial charge in [-0.05, 0) is 69.2 Å². The Balaban J connectivity index is 1.56. The first kappa shape index (κ1) is 30.6. The van der Waals surface area contributed by atoms with E-state index < -0.39 is 34.4 Å². The number of carbonyl (C=O) groups is 1. The van der Waals surface area contributed by atoms with Gasteiger partial charge in [-0.1, -0.05) is 35.3 Å². The smallest absolute Gasteiger partial charge is 0.410 e. The molecule has 0 bridgehead atoms. The van der Waals surface area contributed by atoms with Crippen molar-refractivity contribution in [1.82, 2.24) is 14.5 Å². The summed E-state index contributed by atoms with van der Waals surface area (Å²) in [5, 5.41) is 3.31. The molecule has 0 radical (unpaired) electrons. The number of fused-ring (bicyclic) bond motifs is 1. The molecule has 8 nitrogen and oxygen atoms in total. The third-order valence-electron chi connectivity index (χ3n) is 7.22. The maximum atomic E-state index is 15.5. The molecule has 0 saturated carbocycles. The maximum Gasteiger partial charge on any atom is 0.410 e. The fourth-order valence-corrected chi connectivity index (χ4v) is 5.73. The van der Waals surface area contributed by atoms with Crippen molar-refractivity contribution < 1.29 is 23.0 Å². The number of hydrogen-bond donors (Lipinski definition) is 1. The number of benzene rings is 3. The first-order valence-electron chi connectivity index (χ1n) is 13.5. The number of nitrogens with one attached hydrogen (secondary N) is 1. The summed E-state index contributed by atoms with van der Waals surface area (Å²) in [6.07, 6.45) is 0.895. The van der Waals surface area contributed by atoms with Crippen LogP contribution < -0.4 is 15.6 Å². The monoisotopic (exact) mass is 630 g/mol. The molecule has 0 spiro atoms. The Hall–Kier alpha value is -3.89. The zero-order valence-electron chi connectivity index (χ0n) is 24.0. The summed E-state index contributed by atoms with van der Waals surface area (Å²) < 4.78 is 43.0. The van der Waals surface area contributed by atoms with Crippen LogP contribution in [0.3, 0.4) is 0 Å². The minimum atomic E-state index is -1.33. The first-order chi connectivity index (χ1) is 20.3. The second-order valence-electron chi connectivity index (χ2n) is 11.5. The molecule has 1 aliphatic rings. The number of methoxy groups -OCH3 is 1. The minimum Gasteiger partial charge on any atom is -0.497 e. The van der Waals surface area contributed by atoms with E-state index in [-0.39, 0.29) is 58.3 Å². The Morgan fingerprint density at radius 1 is 1.09 bits per heavy atom. The fourth-order valence-electron chi connectivity index (χ4n) is 5.24. The topological polar surface area (TPSA) is 85.7 Å².